The first-order valence-electron chi connectivity index (χ1n) is 5.77. The lowest BCUT2D eigenvalue weighted by Gasteiger charge is -2.25. The van der Waals surface area contributed by atoms with Gasteiger partial charge in [-0.3, -0.25) is 19.7 Å². The van der Waals surface area contributed by atoms with E-state index in [1.807, 2.05) is 5.32 Å². The van der Waals surface area contributed by atoms with E-state index in [4.69, 9.17) is 5.73 Å². The average Bonchev–Trinajstić information content (AvgIpc) is 2.36. The summed E-state index contributed by atoms with van der Waals surface area (Å²) in [7, 11) is 0. The van der Waals surface area contributed by atoms with Crippen molar-refractivity contribution in [2.24, 2.45) is 0 Å². The summed E-state index contributed by atoms with van der Waals surface area (Å²) in [6.07, 6.45) is -4.70. The molecule has 6 nitrogen and oxygen atoms in total. The highest BCUT2D eigenvalue weighted by molar-refractivity contribution is 6.05. The van der Waals surface area contributed by atoms with Gasteiger partial charge >= 0.3 is 6.18 Å². The lowest BCUT2D eigenvalue weighted by Crippen LogP contribution is -2.53. The zero-order valence-corrected chi connectivity index (χ0v) is 10.5. The number of amides is 3. The average molecular weight is 301 g/mol. The van der Waals surface area contributed by atoms with E-state index in [0.717, 1.165) is 17.0 Å². The number of hydrogen-bond acceptors (Lipinski definition) is 4. The molecule has 112 valence electrons. The van der Waals surface area contributed by atoms with Crippen molar-refractivity contribution < 1.29 is 27.6 Å². The van der Waals surface area contributed by atoms with Crippen molar-refractivity contribution in [1.82, 2.24) is 10.2 Å². The summed E-state index contributed by atoms with van der Waals surface area (Å²) < 4.78 is 38.2. The van der Waals surface area contributed by atoms with E-state index in [1.54, 1.807) is 0 Å². The number of alkyl halides is 3. The maximum absolute atomic E-state index is 12.7. The van der Waals surface area contributed by atoms with Crippen molar-refractivity contribution in [2.45, 2.75) is 6.18 Å². The molecule has 0 atom stereocenters. The van der Waals surface area contributed by atoms with E-state index in [9.17, 15) is 27.6 Å². The van der Waals surface area contributed by atoms with Gasteiger partial charge in [-0.1, -0.05) is 0 Å². The molecule has 1 heterocycles. The molecule has 9 heteroatoms. The van der Waals surface area contributed by atoms with Gasteiger partial charge in [0.25, 0.3) is 5.91 Å². The van der Waals surface area contributed by atoms with Gasteiger partial charge in [0.1, 0.15) is 13.1 Å². The SMILES string of the molecule is Nc1ccc(C(=O)N2CC(=O)NC(=O)C2)cc1C(F)(F)F. The largest absolute Gasteiger partial charge is 0.418 e. The molecule has 0 radical (unpaired) electrons. The fourth-order valence-electron chi connectivity index (χ4n) is 1.90. The molecule has 0 aromatic heterocycles. The molecule has 0 unspecified atom stereocenters. The molecule has 21 heavy (non-hydrogen) atoms. The molecule has 0 saturated carbocycles. The maximum Gasteiger partial charge on any atom is 0.418 e. The lowest BCUT2D eigenvalue weighted by molar-refractivity contribution is -0.137. The van der Waals surface area contributed by atoms with Crippen LogP contribution in [0.3, 0.4) is 0 Å². The molecule has 1 aromatic rings. The first-order chi connectivity index (χ1) is 9.68. The summed E-state index contributed by atoms with van der Waals surface area (Å²) in [4.78, 5) is 35.3. The normalized spacial score (nSPS) is 15.9. The summed E-state index contributed by atoms with van der Waals surface area (Å²) in [5.41, 5.74) is 3.30. The van der Waals surface area contributed by atoms with Crippen LogP contribution in [-0.2, 0) is 15.8 Å². The Labute approximate surface area is 116 Å². The van der Waals surface area contributed by atoms with Crippen LogP contribution in [-0.4, -0.2) is 35.7 Å². The third kappa shape index (κ3) is 3.12. The molecule has 0 bridgehead atoms. The number of nitrogens with two attached hydrogens (primary N) is 1. The molecule has 3 N–H and O–H groups in total. The smallest absolute Gasteiger partial charge is 0.398 e. The van der Waals surface area contributed by atoms with Crippen molar-refractivity contribution in [3.05, 3.63) is 29.3 Å². The van der Waals surface area contributed by atoms with Gasteiger partial charge in [0.2, 0.25) is 11.8 Å². The molecular weight excluding hydrogens is 291 g/mol. The van der Waals surface area contributed by atoms with E-state index in [0.29, 0.717) is 6.07 Å². The Kier molecular flexibility index (Phi) is 3.58. The highest BCUT2D eigenvalue weighted by Crippen LogP contribution is 2.34. The van der Waals surface area contributed by atoms with Crippen LogP contribution in [0.25, 0.3) is 0 Å². The highest BCUT2D eigenvalue weighted by atomic mass is 19.4. The third-order valence-electron chi connectivity index (χ3n) is 2.84. The van der Waals surface area contributed by atoms with Crippen molar-refractivity contribution in [1.29, 1.82) is 0 Å². The number of carbonyl (C=O) groups is 3. The van der Waals surface area contributed by atoms with Crippen LogP contribution in [0, 0.1) is 0 Å². The number of nitrogens with one attached hydrogen (secondary N) is 1. The van der Waals surface area contributed by atoms with Gasteiger partial charge in [-0.25, -0.2) is 0 Å². The number of piperazine rings is 1. The number of carbonyl (C=O) groups excluding carboxylic acids is 3. The second kappa shape index (κ2) is 5.08. The quantitative estimate of drug-likeness (QED) is 0.579. The van der Waals surface area contributed by atoms with Crippen LogP contribution in [0.4, 0.5) is 18.9 Å². The molecule has 0 aliphatic carbocycles. The van der Waals surface area contributed by atoms with E-state index in [1.165, 1.54) is 0 Å². The Morgan fingerprint density at radius 1 is 1.19 bits per heavy atom. The first-order valence-corrected chi connectivity index (χ1v) is 5.77. The predicted octanol–water partition coefficient (Wildman–Crippen LogP) is 0.386. The van der Waals surface area contributed by atoms with Crippen LogP contribution in [0.2, 0.25) is 0 Å². The van der Waals surface area contributed by atoms with Gasteiger partial charge in [0.15, 0.2) is 0 Å². The van der Waals surface area contributed by atoms with Crippen molar-refractivity contribution in [3.63, 3.8) is 0 Å². The van der Waals surface area contributed by atoms with Gasteiger partial charge in [-0.05, 0) is 18.2 Å². The van der Waals surface area contributed by atoms with Crippen LogP contribution in [0.5, 0.6) is 0 Å². The molecule has 1 aromatic carbocycles. The van der Waals surface area contributed by atoms with Gasteiger partial charge in [0.05, 0.1) is 5.56 Å². The zero-order chi connectivity index (χ0) is 15.8. The van der Waals surface area contributed by atoms with Crippen molar-refractivity contribution in [2.75, 3.05) is 18.8 Å². The van der Waals surface area contributed by atoms with Crippen molar-refractivity contribution in [3.8, 4) is 0 Å². The van der Waals surface area contributed by atoms with Gasteiger partial charge in [0, 0.05) is 11.3 Å². The second-order valence-electron chi connectivity index (χ2n) is 4.43. The van der Waals surface area contributed by atoms with E-state index in [-0.39, 0.29) is 5.56 Å². The molecule has 1 saturated heterocycles. The summed E-state index contributed by atoms with van der Waals surface area (Å²) in [6, 6.07) is 2.68. The number of benzene rings is 1. The van der Waals surface area contributed by atoms with Crippen molar-refractivity contribution >= 4 is 23.4 Å². The van der Waals surface area contributed by atoms with Crippen LogP contribution in [0.1, 0.15) is 15.9 Å². The maximum atomic E-state index is 12.7. The molecule has 1 aliphatic heterocycles. The van der Waals surface area contributed by atoms with E-state index in [2.05, 4.69) is 0 Å². The van der Waals surface area contributed by atoms with Gasteiger partial charge < -0.3 is 10.6 Å². The number of anilines is 1. The number of rotatable bonds is 1. The molecule has 3 amide bonds. The minimum atomic E-state index is -4.70. The van der Waals surface area contributed by atoms with Crippen LogP contribution in [0.15, 0.2) is 18.2 Å². The number of imide groups is 1. The summed E-state index contributed by atoms with van der Waals surface area (Å²) in [5.74, 6) is -2.22. The van der Waals surface area contributed by atoms with Gasteiger partial charge in [-0.15, -0.1) is 0 Å². The highest BCUT2D eigenvalue weighted by Gasteiger charge is 2.34. The Hall–Kier alpha value is -2.58. The minimum Gasteiger partial charge on any atom is -0.398 e. The summed E-state index contributed by atoms with van der Waals surface area (Å²) in [5, 5.41) is 1.99. The predicted molar refractivity (Wildman–Crippen MR) is 64.9 cm³/mol. The lowest BCUT2D eigenvalue weighted by atomic mass is 10.1. The van der Waals surface area contributed by atoms with E-state index < -0.39 is 48.2 Å². The molecule has 1 fully saturated rings. The third-order valence-corrected chi connectivity index (χ3v) is 2.84. The minimum absolute atomic E-state index is 0.293. The van der Waals surface area contributed by atoms with E-state index >= 15 is 0 Å². The Morgan fingerprint density at radius 2 is 1.76 bits per heavy atom. The topological polar surface area (TPSA) is 92.5 Å². The number of hydrogen-bond donors (Lipinski definition) is 2. The molecule has 0 spiro atoms. The molecular formula is C12H10F3N3O3. The first kappa shape index (κ1) is 14.8. The standard InChI is InChI=1S/C12H10F3N3O3/c13-12(14,15)7-3-6(1-2-8(7)16)11(21)18-4-9(19)17-10(20)5-18/h1-3H,4-5,16H2,(H,17,19,20). The van der Waals surface area contributed by atoms with Crippen LogP contribution < -0.4 is 11.1 Å². The monoisotopic (exact) mass is 301 g/mol. The number of halogens is 3. The Balaban J connectivity index is 2.32. The van der Waals surface area contributed by atoms with Gasteiger partial charge in [-0.2, -0.15) is 13.2 Å². The summed E-state index contributed by atoms with van der Waals surface area (Å²) in [6.45, 7) is -0.785. The Morgan fingerprint density at radius 3 is 2.29 bits per heavy atom. The zero-order valence-electron chi connectivity index (χ0n) is 10.5. The fourth-order valence-corrected chi connectivity index (χ4v) is 1.90. The number of nitrogens with zero attached hydrogens (tertiary/aromatic N) is 1. The Bertz CT molecular complexity index is 612. The fraction of sp³-hybridized carbons (Fsp3) is 0.250. The second-order valence-corrected chi connectivity index (χ2v) is 4.43. The van der Waals surface area contributed by atoms with Crippen LogP contribution >= 0.6 is 0 Å². The molecule has 1 aliphatic rings. The number of nitrogen functional groups attached to an aromatic ring is 1. The summed E-state index contributed by atoms with van der Waals surface area (Å²) >= 11 is 0. The molecule has 2 rings (SSSR count).